The van der Waals surface area contributed by atoms with Crippen molar-refractivity contribution < 1.29 is 9.53 Å². The molecule has 2 aromatic rings. The van der Waals surface area contributed by atoms with Gasteiger partial charge in [-0.2, -0.15) is 10.2 Å². The smallest absolute Gasteiger partial charge is 0.342 e. The van der Waals surface area contributed by atoms with Gasteiger partial charge in [0.25, 0.3) is 5.56 Å². The van der Waals surface area contributed by atoms with Gasteiger partial charge in [0.05, 0.1) is 18.6 Å². The Bertz CT molecular complexity index is 890. The summed E-state index contributed by atoms with van der Waals surface area (Å²) in [6.45, 7) is 4.68. The third-order valence-electron chi connectivity index (χ3n) is 2.90. The van der Waals surface area contributed by atoms with E-state index in [0.717, 1.165) is 17.3 Å². The van der Waals surface area contributed by atoms with E-state index in [1.165, 1.54) is 6.21 Å². The van der Waals surface area contributed by atoms with Crippen molar-refractivity contribution in [2.24, 2.45) is 11.0 Å². The first-order chi connectivity index (χ1) is 12.5. The first-order valence-electron chi connectivity index (χ1n) is 7.81. The number of rotatable bonds is 8. The van der Waals surface area contributed by atoms with Crippen LogP contribution in [0.4, 0.5) is 0 Å². The summed E-state index contributed by atoms with van der Waals surface area (Å²) in [6.07, 6.45) is 1.49. The van der Waals surface area contributed by atoms with Crippen LogP contribution in [-0.4, -0.2) is 39.7 Å². The molecule has 0 saturated carbocycles. The van der Waals surface area contributed by atoms with E-state index in [2.05, 4.69) is 34.6 Å². The highest BCUT2D eigenvalue weighted by Gasteiger charge is 2.07. The van der Waals surface area contributed by atoms with Gasteiger partial charge in [-0.1, -0.05) is 37.7 Å². The Hall–Kier alpha value is -2.88. The van der Waals surface area contributed by atoms with Gasteiger partial charge in [0.15, 0.2) is 5.03 Å². The molecule has 10 heteroatoms. The van der Waals surface area contributed by atoms with E-state index in [0.29, 0.717) is 18.3 Å². The monoisotopic (exact) mass is 377 g/mol. The number of benzene rings is 1. The van der Waals surface area contributed by atoms with Crippen LogP contribution >= 0.6 is 11.8 Å². The van der Waals surface area contributed by atoms with Crippen molar-refractivity contribution in [3.63, 3.8) is 0 Å². The Morgan fingerprint density at radius 1 is 1.38 bits per heavy atom. The zero-order chi connectivity index (χ0) is 18.9. The van der Waals surface area contributed by atoms with Crippen molar-refractivity contribution >= 4 is 23.9 Å². The molecule has 0 aliphatic carbocycles. The second-order valence-corrected chi connectivity index (χ2v) is 6.60. The number of aromatic nitrogens is 3. The van der Waals surface area contributed by atoms with Gasteiger partial charge < -0.3 is 4.74 Å². The number of nitrogens with zero attached hydrogens (tertiary/aromatic N) is 2. The fourth-order valence-corrected chi connectivity index (χ4v) is 2.37. The van der Waals surface area contributed by atoms with E-state index in [4.69, 9.17) is 4.74 Å². The van der Waals surface area contributed by atoms with Crippen LogP contribution in [0.3, 0.4) is 0 Å². The van der Waals surface area contributed by atoms with Crippen LogP contribution in [-0.2, 0) is 4.79 Å². The number of nitrogens with one attached hydrogen (secondary N) is 3. The highest BCUT2D eigenvalue weighted by molar-refractivity contribution is 7.99. The van der Waals surface area contributed by atoms with Gasteiger partial charge in [-0.3, -0.25) is 14.6 Å². The fraction of sp³-hybridized carbons (Fsp3) is 0.312. The zero-order valence-corrected chi connectivity index (χ0v) is 15.1. The van der Waals surface area contributed by atoms with E-state index in [1.54, 1.807) is 0 Å². The lowest BCUT2D eigenvalue weighted by molar-refractivity contribution is -0.118. The normalized spacial score (nSPS) is 11.0. The van der Waals surface area contributed by atoms with Crippen LogP contribution in [0.2, 0.25) is 0 Å². The maximum atomic E-state index is 11.8. The average molecular weight is 377 g/mol. The number of thioether (sulfide) groups is 1. The predicted octanol–water partition coefficient (Wildman–Crippen LogP) is 0.735. The molecule has 9 nitrogen and oxygen atoms in total. The van der Waals surface area contributed by atoms with Crippen LogP contribution in [0.25, 0.3) is 0 Å². The molecular formula is C16H19N5O4S. The van der Waals surface area contributed by atoms with Crippen LogP contribution in [0.1, 0.15) is 19.4 Å². The molecule has 0 aliphatic rings. The molecule has 0 atom stereocenters. The molecule has 0 bridgehead atoms. The van der Waals surface area contributed by atoms with Gasteiger partial charge in [0.2, 0.25) is 5.91 Å². The Kier molecular flexibility index (Phi) is 7.15. The molecule has 3 N–H and O–H groups in total. The number of amides is 1. The van der Waals surface area contributed by atoms with Crippen LogP contribution < -0.4 is 21.4 Å². The van der Waals surface area contributed by atoms with E-state index in [1.807, 2.05) is 29.2 Å². The summed E-state index contributed by atoms with van der Waals surface area (Å²) < 4.78 is 5.70. The molecule has 138 valence electrons. The minimum Gasteiger partial charge on any atom is -0.493 e. The Labute approximate surface area is 153 Å². The molecule has 0 spiro atoms. The zero-order valence-electron chi connectivity index (χ0n) is 14.3. The summed E-state index contributed by atoms with van der Waals surface area (Å²) in [7, 11) is 0. The van der Waals surface area contributed by atoms with Crippen molar-refractivity contribution in [3.05, 3.63) is 50.7 Å². The number of para-hydroxylation sites is 1. The van der Waals surface area contributed by atoms with E-state index in [9.17, 15) is 14.4 Å². The highest BCUT2D eigenvalue weighted by Crippen LogP contribution is 2.16. The number of carbonyl (C=O) groups is 1. The van der Waals surface area contributed by atoms with Crippen molar-refractivity contribution in [1.29, 1.82) is 0 Å². The minimum absolute atomic E-state index is 0.00355. The van der Waals surface area contributed by atoms with Crippen molar-refractivity contribution in [1.82, 2.24) is 20.6 Å². The van der Waals surface area contributed by atoms with Gasteiger partial charge in [-0.05, 0) is 18.1 Å². The molecule has 1 aromatic heterocycles. The maximum absolute atomic E-state index is 11.8. The fourth-order valence-electron chi connectivity index (χ4n) is 1.75. The van der Waals surface area contributed by atoms with Gasteiger partial charge >= 0.3 is 5.69 Å². The van der Waals surface area contributed by atoms with Gasteiger partial charge in [-0.25, -0.2) is 15.3 Å². The predicted molar refractivity (Wildman–Crippen MR) is 98.7 cm³/mol. The molecule has 0 aliphatic heterocycles. The van der Waals surface area contributed by atoms with E-state index >= 15 is 0 Å². The summed E-state index contributed by atoms with van der Waals surface area (Å²) in [5.41, 5.74) is 1.75. The maximum Gasteiger partial charge on any atom is 0.342 e. The number of ether oxygens (including phenoxy) is 1. The average Bonchev–Trinajstić information content (AvgIpc) is 2.60. The number of hydrogen-bond acceptors (Lipinski definition) is 7. The molecule has 0 fully saturated rings. The molecule has 0 radical (unpaired) electrons. The Balaban J connectivity index is 1.89. The number of hydrazone groups is 1. The number of hydrogen-bond donors (Lipinski definition) is 3. The largest absolute Gasteiger partial charge is 0.493 e. The lowest BCUT2D eigenvalue weighted by Gasteiger charge is -2.10. The van der Waals surface area contributed by atoms with Crippen LogP contribution in [0.15, 0.2) is 44.0 Å². The summed E-state index contributed by atoms with van der Waals surface area (Å²) in [5.74, 6) is 0.573. The summed E-state index contributed by atoms with van der Waals surface area (Å²) in [4.78, 5) is 36.2. The number of carbonyl (C=O) groups excluding carboxylic acids is 1. The number of aromatic amines is 2. The van der Waals surface area contributed by atoms with Gasteiger partial charge in [0.1, 0.15) is 5.75 Å². The Morgan fingerprint density at radius 3 is 2.88 bits per heavy atom. The standard InChI is InChI=1S/C16H19N5O4S/c1-10(2)8-25-12-6-4-3-5-11(12)7-17-19-13(22)9-26-15-14(23)18-16(24)21-20-15/h3-7,10H,8-9H2,1-2H3,(H,19,22)(H2,18,21,23,24)/b17-7+. The first kappa shape index (κ1) is 19.4. The molecule has 1 aromatic carbocycles. The highest BCUT2D eigenvalue weighted by atomic mass is 32.2. The molecule has 26 heavy (non-hydrogen) atoms. The summed E-state index contributed by atoms with van der Waals surface area (Å²) in [5, 5.41) is 9.56. The molecule has 1 heterocycles. The molecular weight excluding hydrogens is 358 g/mol. The number of H-pyrrole nitrogens is 2. The molecule has 0 saturated heterocycles. The first-order valence-corrected chi connectivity index (χ1v) is 8.80. The minimum atomic E-state index is -0.702. The summed E-state index contributed by atoms with van der Waals surface area (Å²) >= 11 is 0.889. The third kappa shape index (κ3) is 6.20. The van der Waals surface area contributed by atoms with Gasteiger partial charge in [-0.15, -0.1) is 0 Å². The lowest BCUT2D eigenvalue weighted by atomic mass is 10.2. The second kappa shape index (κ2) is 9.56. The lowest BCUT2D eigenvalue weighted by Crippen LogP contribution is -2.26. The SMILES string of the molecule is CC(C)COc1ccccc1/C=N/NC(=O)CSc1n[nH]c(=O)[nH]c1=O. The van der Waals surface area contributed by atoms with E-state index < -0.39 is 17.2 Å². The third-order valence-corrected chi connectivity index (χ3v) is 3.86. The van der Waals surface area contributed by atoms with Crippen LogP contribution in [0, 0.1) is 5.92 Å². The second-order valence-electron chi connectivity index (χ2n) is 5.64. The van der Waals surface area contributed by atoms with E-state index in [-0.39, 0.29) is 10.8 Å². The quantitative estimate of drug-likeness (QED) is 0.353. The van der Waals surface area contributed by atoms with Crippen LogP contribution in [0.5, 0.6) is 5.75 Å². The van der Waals surface area contributed by atoms with Gasteiger partial charge in [0, 0.05) is 5.56 Å². The van der Waals surface area contributed by atoms with Crippen molar-refractivity contribution in [3.8, 4) is 5.75 Å². The Morgan fingerprint density at radius 2 is 2.15 bits per heavy atom. The topological polar surface area (TPSA) is 129 Å². The molecule has 2 rings (SSSR count). The molecule has 1 amide bonds. The van der Waals surface area contributed by atoms with Crippen molar-refractivity contribution in [2.75, 3.05) is 12.4 Å². The molecule has 0 unspecified atom stereocenters. The van der Waals surface area contributed by atoms with Crippen molar-refractivity contribution in [2.45, 2.75) is 18.9 Å². The summed E-state index contributed by atoms with van der Waals surface area (Å²) in [6, 6.07) is 7.35.